The van der Waals surface area contributed by atoms with Crippen LogP contribution in [0.15, 0.2) is 75.9 Å². The number of fused-ring (bicyclic) bond motifs is 1. The van der Waals surface area contributed by atoms with Gasteiger partial charge < -0.3 is 16.5 Å². The Labute approximate surface area is 157 Å². The number of para-hydroxylation sites is 1. The van der Waals surface area contributed by atoms with E-state index in [1.54, 1.807) is 11.8 Å². The van der Waals surface area contributed by atoms with E-state index in [1.807, 2.05) is 12.1 Å². The first-order valence-electron chi connectivity index (χ1n) is 8.93. The molecule has 0 amide bonds. The molecule has 0 spiro atoms. The van der Waals surface area contributed by atoms with Gasteiger partial charge in [0.1, 0.15) is 0 Å². The van der Waals surface area contributed by atoms with Gasteiger partial charge in [0, 0.05) is 43.9 Å². The second-order valence-corrected chi connectivity index (χ2v) is 7.96. The number of benzene rings is 2. The smallest absolute Gasteiger partial charge is 0.0705 e. The Morgan fingerprint density at radius 2 is 1.85 bits per heavy atom. The van der Waals surface area contributed by atoms with E-state index in [2.05, 4.69) is 58.3 Å². The summed E-state index contributed by atoms with van der Waals surface area (Å²) in [6, 6.07) is 16.5. The van der Waals surface area contributed by atoms with Crippen molar-refractivity contribution < 1.29 is 0 Å². The zero-order chi connectivity index (χ0) is 17.5. The van der Waals surface area contributed by atoms with Gasteiger partial charge in [-0.3, -0.25) is 0 Å². The lowest BCUT2D eigenvalue weighted by molar-refractivity contribution is 0.851. The standard InChI is InChI=1S/C21H20N4S/c22-14-7-9-15(10-8-14)26-20-11-19(24-18-4-2-1-3-16(18)20)17-12-23-25-21(17)13-5-6-13/h1-4,7-11,13,23-24H,5-6,12,22H2/b19-17-. The van der Waals surface area contributed by atoms with Crippen LogP contribution in [0.2, 0.25) is 0 Å². The summed E-state index contributed by atoms with van der Waals surface area (Å²) in [4.78, 5) is 2.43. The van der Waals surface area contributed by atoms with Gasteiger partial charge >= 0.3 is 0 Å². The molecule has 0 saturated heterocycles. The number of nitrogen functional groups attached to an aromatic ring is 1. The third kappa shape index (κ3) is 2.88. The van der Waals surface area contributed by atoms with Crippen molar-refractivity contribution in [2.75, 3.05) is 17.6 Å². The van der Waals surface area contributed by atoms with Crippen LogP contribution in [-0.2, 0) is 0 Å². The number of rotatable bonds is 3. The van der Waals surface area contributed by atoms with Crippen molar-refractivity contribution in [1.82, 2.24) is 5.43 Å². The molecule has 2 heterocycles. The van der Waals surface area contributed by atoms with Crippen molar-refractivity contribution in [1.29, 1.82) is 0 Å². The largest absolute Gasteiger partial charge is 0.399 e. The normalized spacial score (nSPS) is 21.4. The Balaban J connectivity index is 1.56. The Bertz CT molecular complexity index is 952. The van der Waals surface area contributed by atoms with Crippen LogP contribution >= 0.6 is 11.8 Å². The molecule has 5 heteroatoms. The molecule has 130 valence electrons. The third-order valence-electron chi connectivity index (χ3n) is 4.90. The summed E-state index contributed by atoms with van der Waals surface area (Å²) in [5.74, 6) is 0.632. The topological polar surface area (TPSA) is 62.4 Å². The highest BCUT2D eigenvalue weighted by molar-refractivity contribution is 8.08. The first-order valence-corrected chi connectivity index (χ1v) is 9.75. The number of nitrogens with one attached hydrogen (secondary N) is 2. The van der Waals surface area contributed by atoms with Crippen LogP contribution in [0.5, 0.6) is 0 Å². The molecule has 0 radical (unpaired) electrons. The fraction of sp³-hybridized carbons (Fsp3) is 0.190. The van der Waals surface area contributed by atoms with Crippen molar-refractivity contribution in [3.05, 3.63) is 71.4 Å². The van der Waals surface area contributed by atoms with E-state index in [9.17, 15) is 0 Å². The van der Waals surface area contributed by atoms with Crippen LogP contribution in [0.1, 0.15) is 18.4 Å². The summed E-state index contributed by atoms with van der Waals surface area (Å²) in [6.07, 6.45) is 4.78. The van der Waals surface area contributed by atoms with E-state index >= 15 is 0 Å². The molecule has 0 atom stereocenters. The highest BCUT2D eigenvalue weighted by Crippen LogP contribution is 2.43. The molecule has 2 aromatic rings. The molecule has 4 nitrogen and oxygen atoms in total. The number of hydrogen-bond donors (Lipinski definition) is 3. The van der Waals surface area contributed by atoms with E-state index in [0.29, 0.717) is 5.92 Å². The van der Waals surface area contributed by atoms with Crippen molar-refractivity contribution >= 4 is 33.8 Å². The zero-order valence-electron chi connectivity index (χ0n) is 14.3. The second-order valence-electron chi connectivity index (χ2n) is 6.85. The maximum absolute atomic E-state index is 5.83. The second kappa shape index (κ2) is 6.25. The zero-order valence-corrected chi connectivity index (χ0v) is 15.1. The molecular weight excluding hydrogens is 340 g/mol. The Morgan fingerprint density at radius 3 is 2.65 bits per heavy atom. The predicted octanol–water partition coefficient (Wildman–Crippen LogP) is 4.45. The molecule has 4 N–H and O–H groups in total. The van der Waals surface area contributed by atoms with E-state index in [0.717, 1.165) is 23.6 Å². The van der Waals surface area contributed by atoms with E-state index in [1.165, 1.54) is 39.5 Å². The summed E-state index contributed by atoms with van der Waals surface area (Å²) in [5.41, 5.74) is 15.9. The van der Waals surface area contributed by atoms with Gasteiger partial charge in [0.05, 0.1) is 12.3 Å². The van der Waals surface area contributed by atoms with E-state index < -0.39 is 0 Å². The first kappa shape index (κ1) is 15.6. The summed E-state index contributed by atoms with van der Waals surface area (Å²) in [6.45, 7) is 0.798. The lowest BCUT2D eigenvalue weighted by Crippen LogP contribution is -2.15. The number of nitrogens with zero attached hydrogens (tertiary/aromatic N) is 1. The van der Waals surface area contributed by atoms with Crippen LogP contribution in [0.4, 0.5) is 11.4 Å². The van der Waals surface area contributed by atoms with E-state index in [-0.39, 0.29) is 0 Å². The molecule has 0 aromatic heterocycles. The van der Waals surface area contributed by atoms with Crippen molar-refractivity contribution in [2.24, 2.45) is 11.0 Å². The fourth-order valence-electron chi connectivity index (χ4n) is 3.40. The van der Waals surface area contributed by atoms with Crippen LogP contribution in [0, 0.1) is 5.92 Å². The average molecular weight is 360 g/mol. The Hall–Kier alpha value is -2.66. The maximum Gasteiger partial charge on any atom is 0.0705 e. The van der Waals surface area contributed by atoms with Gasteiger partial charge in [-0.15, -0.1) is 0 Å². The number of hydrogen-bond acceptors (Lipinski definition) is 5. The van der Waals surface area contributed by atoms with Gasteiger partial charge in [-0.05, 0) is 49.2 Å². The molecular formula is C21H20N4S. The Kier molecular flexibility index (Phi) is 3.75. The molecule has 1 aliphatic carbocycles. The summed E-state index contributed by atoms with van der Waals surface area (Å²) in [7, 11) is 0. The van der Waals surface area contributed by atoms with Crippen molar-refractivity contribution in [2.45, 2.75) is 17.7 Å². The van der Waals surface area contributed by atoms with Gasteiger partial charge in [0.2, 0.25) is 0 Å². The molecule has 26 heavy (non-hydrogen) atoms. The van der Waals surface area contributed by atoms with E-state index in [4.69, 9.17) is 5.73 Å². The van der Waals surface area contributed by atoms with Crippen molar-refractivity contribution in [3.63, 3.8) is 0 Å². The van der Waals surface area contributed by atoms with Gasteiger partial charge in [-0.25, -0.2) is 0 Å². The minimum absolute atomic E-state index is 0.632. The molecule has 3 aliphatic rings. The number of anilines is 2. The molecule has 1 fully saturated rings. The average Bonchev–Trinajstić information content (AvgIpc) is 3.40. The van der Waals surface area contributed by atoms with Crippen LogP contribution in [-0.4, -0.2) is 12.3 Å². The molecule has 2 aromatic carbocycles. The number of thioether (sulfide) groups is 1. The lowest BCUT2D eigenvalue weighted by Gasteiger charge is -2.23. The predicted molar refractivity (Wildman–Crippen MR) is 110 cm³/mol. The van der Waals surface area contributed by atoms with Crippen molar-refractivity contribution in [3.8, 4) is 0 Å². The van der Waals surface area contributed by atoms with Gasteiger partial charge in [-0.2, -0.15) is 5.10 Å². The maximum atomic E-state index is 5.83. The summed E-state index contributed by atoms with van der Waals surface area (Å²) in [5, 5.41) is 8.17. The minimum atomic E-state index is 0.632. The highest BCUT2D eigenvalue weighted by atomic mass is 32.2. The summed E-state index contributed by atoms with van der Waals surface area (Å²) >= 11 is 1.77. The molecule has 5 rings (SSSR count). The highest BCUT2D eigenvalue weighted by Gasteiger charge is 2.34. The Morgan fingerprint density at radius 1 is 1.04 bits per heavy atom. The van der Waals surface area contributed by atoms with Gasteiger partial charge in [-0.1, -0.05) is 30.0 Å². The van der Waals surface area contributed by atoms with Gasteiger partial charge in [0.15, 0.2) is 0 Å². The fourth-order valence-corrected chi connectivity index (χ4v) is 4.39. The molecule has 1 saturated carbocycles. The summed E-state index contributed by atoms with van der Waals surface area (Å²) < 4.78 is 0. The first-order chi connectivity index (χ1) is 12.8. The van der Waals surface area contributed by atoms with Crippen LogP contribution in [0.3, 0.4) is 0 Å². The number of nitrogens with two attached hydrogens (primary N) is 1. The molecule has 0 unspecified atom stereocenters. The van der Waals surface area contributed by atoms with Gasteiger partial charge in [0.25, 0.3) is 0 Å². The lowest BCUT2D eigenvalue weighted by atomic mass is 10.0. The number of allylic oxidation sites excluding steroid dienone is 1. The minimum Gasteiger partial charge on any atom is -0.399 e. The van der Waals surface area contributed by atoms with Crippen LogP contribution < -0.4 is 16.5 Å². The quantitative estimate of drug-likeness (QED) is 0.708. The van der Waals surface area contributed by atoms with Crippen LogP contribution in [0.25, 0.3) is 4.91 Å². The monoisotopic (exact) mass is 360 g/mol. The number of hydrazone groups is 1. The molecule has 0 bridgehead atoms. The SMILES string of the molecule is Nc1ccc(SC2=C/C(=C3\CNN=C3C3CC3)Nc3ccccc32)cc1. The third-order valence-corrected chi connectivity index (χ3v) is 5.96. The molecule has 2 aliphatic heterocycles.